The Kier molecular flexibility index (Phi) is 4.94. The summed E-state index contributed by atoms with van der Waals surface area (Å²) in [6, 6.07) is 3.59. The molecule has 4 aromatic heterocycles. The number of thiazole rings is 1. The molecule has 0 unspecified atom stereocenters. The molecule has 0 spiro atoms. The van der Waals surface area contributed by atoms with Crippen LogP contribution in [0.25, 0.3) is 22.1 Å². The van der Waals surface area contributed by atoms with Gasteiger partial charge >= 0.3 is 0 Å². The standard InChI is InChI=1S/C18H17N7O2S/c1-11-15(17-20-9-10-25(17)2)28-18(21-11)22-13(26)3-4-14-23-16(24-27-14)12-5-7-19-8-6-12/h5-10H,3-4H2,1-2H3,(H,21,22,26). The minimum atomic E-state index is -0.163. The van der Waals surface area contributed by atoms with Crippen LogP contribution < -0.4 is 5.32 Å². The van der Waals surface area contributed by atoms with Gasteiger partial charge in [-0.15, -0.1) is 0 Å². The summed E-state index contributed by atoms with van der Waals surface area (Å²) < 4.78 is 7.14. The summed E-state index contributed by atoms with van der Waals surface area (Å²) in [5.74, 6) is 1.55. The number of aromatic nitrogens is 6. The maximum Gasteiger partial charge on any atom is 0.227 e. The van der Waals surface area contributed by atoms with Crippen molar-refractivity contribution in [3.63, 3.8) is 0 Å². The Hall–Kier alpha value is -3.40. The summed E-state index contributed by atoms with van der Waals surface area (Å²) in [5.41, 5.74) is 1.64. The third kappa shape index (κ3) is 3.81. The number of aryl methyl sites for hydroxylation is 3. The molecule has 142 valence electrons. The van der Waals surface area contributed by atoms with E-state index < -0.39 is 0 Å². The van der Waals surface area contributed by atoms with Crippen molar-refractivity contribution in [2.24, 2.45) is 7.05 Å². The van der Waals surface area contributed by atoms with Crippen LogP contribution in [0, 0.1) is 6.92 Å². The van der Waals surface area contributed by atoms with Gasteiger partial charge in [0.15, 0.2) is 11.0 Å². The van der Waals surface area contributed by atoms with Crippen LogP contribution in [-0.2, 0) is 18.3 Å². The maximum absolute atomic E-state index is 12.3. The third-order valence-corrected chi connectivity index (χ3v) is 5.11. The summed E-state index contributed by atoms with van der Waals surface area (Å²) in [6.45, 7) is 1.90. The molecular formula is C18H17N7O2S. The lowest BCUT2D eigenvalue weighted by Crippen LogP contribution is -2.12. The monoisotopic (exact) mass is 395 g/mol. The first-order chi connectivity index (χ1) is 13.6. The molecule has 9 nitrogen and oxygen atoms in total. The molecule has 0 radical (unpaired) electrons. The molecule has 0 aliphatic heterocycles. The second kappa shape index (κ2) is 7.69. The van der Waals surface area contributed by atoms with Crippen LogP contribution in [0.5, 0.6) is 0 Å². The van der Waals surface area contributed by atoms with E-state index >= 15 is 0 Å². The van der Waals surface area contributed by atoms with E-state index in [1.54, 1.807) is 30.7 Å². The first-order valence-electron chi connectivity index (χ1n) is 8.58. The molecule has 10 heteroatoms. The fourth-order valence-corrected chi connectivity index (χ4v) is 3.64. The Bertz CT molecular complexity index is 1100. The first-order valence-corrected chi connectivity index (χ1v) is 9.40. The average molecular weight is 395 g/mol. The molecule has 0 saturated heterocycles. The van der Waals surface area contributed by atoms with Gasteiger partial charge in [-0.2, -0.15) is 4.98 Å². The number of anilines is 1. The maximum atomic E-state index is 12.3. The SMILES string of the molecule is Cc1nc(NC(=O)CCc2nc(-c3ccncc3)no2)sc1-c1nccn1C. The van der Waals surface area contributed by atoms with Crippen molar-refractivity contribution in [3.05, 3.63) is 48.5 Å². The minimum Gasteiger partial charge on any atom is -0.339 e. The highest BCUT2D eigenvalue weighted by molar-refractivity contribution is 7.19. The van der Waals surface area contributed by atoms with Crippen LogP contribution in [0.15, 0.2) is 41.4 Å². The fraction of sp³-hybridized carbons (Fsp3) is 0.222. The Morgan fingerprint density at radius 1 is 1.25 bits per heavy atom. The lowest BCUT2D eigenvalue weighted by molar-refractivity contribution is -0.116. The molecule has 4 aromatic rings. The number of amides is 1. The van der Waals surface area contributed by atoms with Crippen molar-refractivity contribution in [1.29, 1.82) is 0 Å². The lowest BCUT2D eigenvalue weighted by Gasteiger charge is -1.99. The van der Waals surface area contributed by atoms with Crippen LogP contribution in [0.2, 0.25) is 0 Å². The summed E-state index contributed by atoms with van der Waals surface area (Å²) in [4.78, 5) is 30.2. The summed E-state index contributed by atoms with van der Waals surface area (Å²) >= 11 is 1.40. The molecule has 0 bridgehead atoms. The molecule has 0 atom stereocenters. The van der Waals surface area contributed by atoms with Crippen molar-refractivity contribution >= 4 is 22.4 Å². The van der Waals surface area contributed by atoms with Gasteiger partial charge in [0.2, 0.25) is 17.6 Å². The van der Waals surface area contributed by atoms with Gasteiger partial charge in [0.1, 0.15) is 0 Å². The van der Waals surface area contributed by atoms with Crippen LogP contribution >= 0.6 is 11.3 Å². The predicted molar refractivity (Wildman–Crippen MR) is 104 cm³/mol. The van der Waals surface area contributed by atoms with E-state index in [0.29, 0.717) is 23.3 Å². The first kappa shape index (κ1) is 18.0. The zero-order valence-corrected chi connectivity index (χ0v) is 16.1. The smallest absolute Gasteiger partial charge is 0.227 e. The zero-order chi connectivity index (χ0) is 19.5. The van der Waals surface area contributed by atoms with Gasteiger partial charge in [0.05, 0.1) is 10.6 Å². The highest BCUT2D eigenvalue weighted by atomic mass is 32.1. The van der Waals surface area contributed by atoms with Crippen LogP contribution in [0.1, 0.15) is 18.0 Å². The highest BCUT2D eigenvalue weighted by Gasteiger charge is 2.16. The van der Waals surface area contributed by atoms with E-state index in [0.717, 1.165) is 22.0 Å². The molecule has 4 heterocycles. The van der Waals surface area contributed by atoms with E-state index in [1.165, 1.54) is 11.3 Å². The van der Waals surface area contributed by atoms with Gasteiger partial charge in [-0.25, -0.2) is 9.97 Å². The number of carbonyl (C=O) groups excluding carboxylic acids is 1. The Morgan fingerprint density at radius 3 is 2.82 bits per heavy atom. The highest BCUT2D eigenvalue weighted by Crippen LogP contribution is 2.31. The number of rotatable bonds is 6. The molecule has 1 N–H and O–H groups in total. The quantitative estimate of drug-likeness (QED) is 0.534. The Morgan fingerprint density at radius 2 is 2.07 bits per heavy atom. The van der Waals surface area contributed by atoms with E-state index in [1.807, 2.05) is 24.7 Å². The van der Waals surface area contributed by atoms with E-state index in [4.69, 9.17) is 4.52 Å². The van der Waals surface area contributed by atoms with E-state index in [9.17, 15) is 4.79 Å². The zero-order valence-electron chi connectivity index (χ0n) is 15.3. The van der Waals surface area contributed by atoms with Gasteiger partial charge in [-0.05, 0) is 19.1 Å². The molecule has 0 fully saturated rings. The number of nitrogens with one attached hydrogen (secondary N) is 1. The molecular weight excluding hydrogens is 378 g/mol. The lowest BCUT2D eigenvalue weighted by atomic mass is 10.2. The van der Waals surface area contributed by atoms with E-state index in [2.05, 4.69) is 30.4 Å². The minimum absolute atomic E-state index is 0.163. The van der Waals surface area contributed by atoms with Gasteiger partial charge < -0.3 is 14.4 Å². The second-order valence-corrected chi connectivity index (χ2v) is 7.09. The molecule has 0 aliphatic carbocycles. The predicted octanol–water partition coefficient (Wildman–Crippen LogP) is 2.87. The van der Waals surface area contributed by atoms with Crippen molar-refractivity contribution in [2.45, 2.75) is 19.8 Å². The van der Waals surface area contributed by atoms with Gasteiger partial charge in [0, 0.05) is 50.2 Å². The topological polar surface area (TPSA) is 112 Å². The number of nitrogens with zero attached hydrogens (tertiary/aromatic N) is 6. The molecule has 4 rings (SSSR count). The largest absolute Gasteiger partial charge is 0.339 e. The third-order valence-electron chi connectivity index (χ3n) is 4.04. The van der Waals surface area contributed by atoms with Crippen LogP contribution in [0.3, 0.4) is 0 Å². The Labute approximate surface area is 164 Å². The summed E-state index contributed by atoms with van der Waals surface area (Å²) in [6.07, 6.45) is 7.49. The average Bonchev–Trinajstić information content (AvgIpc) is 3.41. The van der Waals surface area contributed by atoms with Crippen molar-refractivity contribution in [1.82, 2.24) is 29.7 Å². The summed E-state index contributed by atoms with van der Waals surface area (Å²) in [7, 11) is 1.92. The molecule has 0 aromatic carbocycles. The molecule has 0 aliphatic rings. The molecule has 28 heavy (non-hydrogen) atoms. The van der Waals surface area contributed by atoms with Crippen molar-refractivity contribution in [3.8, 4) is 22.1 Å². The van der Waals surface area contributed by atoms with Gasteiger partial charge in [-0.1, -0.05) is 16.5 Å². The number of carbonyl (C=O) groups is 1. The molecule has 1 amide bonds. The van der Waals surface area contributed by atoms with Crippen LogP contribution in [-0.4, -0.2) is 35.6 Å². The molecule has 0 saturated carbocycles. The summed E-state index contributed by atoms with van der Waals surface area (Å²) in [5, 5.41) is 7.31. The number of hydrogen-bond acceptors (Lipinski definition) is 8. The van der Waals surface area contributed by atoms with Crippen molar-refractivity contribution in [2.75, 3.05) is 5.32 Å². The Balaban J connectivity index is 1.37. The van der Waals surface area contributed by atoms with Gasteiger partial charge in [-0.3, -0.25) is 9.78 Å². The number of imidazole rings is 1. The normalized spacial score (nSPS) is 10.9. The van der Waals surface area contributed by atoms with Crippen LogP contribution in [0.4, 0.5) is 5.13 Å². The van der Waals surface area contributed by atoms with Crippen molar-refractivity contribution < 1.29 is 9.32 Å². The van der Waals surface area contributed by atoms with Gasteiger partial charge in [0.25, 0.3) is 0 Å². The fourth-order valence-electron chi connectivity index (χ4n) is 2.62. The van der Waals surface area contributed by atoms with E-state index in [-0.39, 0.29) is 12.3 Å². The second-order valence-electron chi connectivity index (χ2n) is 6.09. The number of pyridine rings is 1. The number of hydrogen-bond donors (Lipinski definition) is 1.